The van der Waals surface area contributed by atoms with Crippen molar-refractivity contribution in [1.29, 1.82) is 0 Å². The van der Waals surface area contributed by atoms with E-state index in [2.05, 4.69) is 4.98 Å². The van der Waals surface area contributed by atoms with Crippen LogP contribution in [-0.2, 0) is 0 Å². The van der Waals surface area contributed by atoms with E-state index in [4.69, 9.17) is 9.47 Å². The molecule has 2 rings (SSSR count). The summed E-state index contributed by atoms with van der Waals surface area (Å²) in [5.74, 6) is 0.687. The third-order valence-electron chi connectivity index (χ3n) is 2.24. The summed E-state index contributed by atoms with van der Waals surface area (Å²) in [4.78, 5) is 4.06. The molecular formula is C13H12FNO2. The van der Waals surface area contributed by atoms with Gasteiger partial charge in [-0.15, -0.1) is 0 Å². The molecule has 1 heterocycles. The predicted molar refractivity (Wildman–Crippen MR) is 62.0 cm³/mol. The highest BCUT2D eigenvalue weighted by molar-refractivity contribution is 5.36. The molecule has 2 aromatic rings. The molecular weight excluding hydrogens is 221 g/mol. The highest BCUT2D eigenvalue weighted by Gasteiger charge is 2.05. The average molecular weight is 233 g/mol. The van der Waals surface area contributed by atoms with E-state index in [9.17, 15) is 4.39 Å². The van der Waals surface area contributed by atoms with E-state index in [-0.39, 0.29) is 5.75 Å². The first kappa shape index (κ1) is 11.4. The number of benzene rings is 1. The van der Waals surface area contributed by atoms with E-state index < -0.39 is 5.82 Å². The van der Waals surface area contributed by atoms with Crippen molar-refractivity contribution < 1.29 is 13.9 Å². The summed E-state index contributed by atoms with van der Waals surface area (Å²) in [5, 5.41) is 0. The summed E-state index contributed by atoms with van der Waals surface area (Å²) in [6.07, 6.45) is 1.66. The Morgan fingerprint density at radius 3 is 2.71 bits per heavy atom. The Bertz CT molecular complexity index is 529. The molecule has 0 aliphatic rings. The van der Waals surface area contributed by atoms with Gasteiger partial charge in [0.05, 0.1) is 7.11 Å². The van der Waals surface area contributed by atoms with Crippen molar-refractivity contribution in [1.82, 2.24) is 4.98 Å². The second-order valence-electron chi connectivity index (χ2n) is 3.57. The first-order valence-corrected chi connectivity index (χ1v) is 5.13. The highest BCUT2D eigenvalue weighted by atomic mass is 19.1. The lowest BCUT2D eigenvalue weighted by molar-refractivity contribution is 0.380. The number of rotatable bonds is 3. The molecule has 0 aliphatic carbocycles. The molecule has 0 radical (unpaired) electrons. The van der Waals surface area contributed by atoms with E-state index >= 15 is 0 Å². The van der Waals surface area contributed by atoms with Gasteiger partial charge in [-0.2, -0.15) is 0 Å². The first-order chi connectivity index (χ1) is 8.19. The lowest BCUT2D eigenvalue weighted by Crippen LogP contribution is -1.91. The first-order valence-electron chi connectivity index (χ1n) is 5.13. The number of pyridine rings is 1. The molecule has 17 heavy (non-hydrogen) atoms. The molecule has 1 aromatic heterocycles. The zero-order chi connectivity index (χ0) is 12.3. The van der Waals surface area contributed by atoms with Crippen LogP contribution in [0.15, 0.2) is 36.5 Å². The van der Waals surface area contributed by atoms with Crippen LogP contribution in [0.4, 0.5) is 4.39 Å². The normalized spacial score (nSPS) is 10.1. The van der Waals surface area contributed by atoms with Crippen LogP contribution in [0, 0.1) is 12.7 Å². The minimum absolute atomic E-state index is 0.148. The summed E-state index contributed by atoms with van der Waals surface area (Å²) < 4.78 is 23.5. The Balaban J connectivity index is 2.24. The van der Waals surface area contributed by atoms with Gasteiger partial charge in [-0.3, -0.25) is 0 Å². The van der Waals surface area contributed by atoms with Crippen LogP contribution in [-0.4, -0.2) is 12.1 Å². The molecule has 88 valence electrons. The Hall–Kier alpha value is -2.10. The number of ether oxygens (including phenoxy) is 2. The molecule has 0 spiro atoms. The second-order valence-corrected chi connectivity index (χ2v) is 3.57. The number of hydrogen-bond donors (Lipinski definition) is 0. The Kier molecular flexibility index (Phi) is 3.23. The molecule has 0 amide bonds. The van der Waals surface area contributed by atoms with Gasteiger partial charge < -0.3 is 9.47 Å². The molecule has 0 aliphatic heterocycles. The highest BCUT2D eigenvalue weighted by Crippen LogP contribution is 2.26. The van der Waals surface area contributed by atoms with Gasteiger partial charge in [-0.05, 0) is 30.7 Å². The topological polar surface area (TPSA) is 31.4 Å². The van der Waals surface area contributed by atoms with Crippen molar-refractivity contribution in [3.63, 3.8) is 0 Å². The standard InChI is InChI=1S/C13H12FNO2/c1-9-5-6-15-13(7-9)17-10-3-4-11(14)12(8-10)16-2/h3-8H,1-2H3. The minimum Gasteiger partial charge on any atom is -0.494 e. The van der Waals surface area contributed by atoms with Gasteiger partial charge in [0.1, 0.15) is 5.75 Å². The molecule has 0 saturated carbocycles. The zero-order valence-electron chi connectivity index (χ0n) is 9.61. The van der Waals surface area contributed by atoms with Gasteiger partial charge in [0.15, 0.2) is 11.6 Å². The van der Waals surface area contributed by atoms with Crippen LogP contribution >= 0.6 is 0 Å². The van der Waals surface area contributed by atoms with Gasteiger partial charge in [0.25, 0.3) is 0 Å². The largest absolute Gasteiger partial charge is 0.494 e. The van der Waals surface area contributed by atoms with Gasteiger partial charge in [0.2, 0.25) is 5.88 Å². The SMILES string of the molecule is COc1cc(Oc2cc(C)ccn2)ccc1F. The zero-order valence-corrected chi connectivity index (χ0v) is 9.61. The molecule has 0 unspecified atom stereocenters. The van der Waals surface area contributed by atoms with Gasteiger partial charge in [0, 0.05) is 18.3 Å². The monoisotopic (exact) mass is 233 g/mol. The Labute approximate surface area is 98.8 Å². The van der Waals surface area contributed by atoms with Crippen molar-refractivity contribution >= 4 is 0 Å². The molecule has 0 bridgehead atoms. The maximum Gasteiger partial charge on any atom is 0.219 e. The summed E-state index contributed by atoms with van der Waals surface area (Å²) >= 11 is 0. The van der Waals surface area contributed by atoms with Crippen molar-refractivity contribution in [3.8, 4) is 17.4 Å². The van der Waals surface area contributed by atoms with E-state index in [1.54, 1.807) is 12.3 Å². The molecule has 3 nitrogen and oxygen atoms in total. The van der Waals surface area contributed by atoms with Crippen molar-refractivity contribution in [2.75, 3.05) is 7.11 Å². The van der Waals surface area contributed by atoms with E-state index in [0.29, 0.717) is 11.6 Å². The quantitative estimate of drug-likeness (QED) is 0.814. The Morgan fingerprint density at radius 1 is 1.18 bits per heavy atom. The van der Waals surface area contributed by atoms with Crippen LogP contribution in [0.25, 0.3) is 0 Å². The van der Waals surface area contributed by atoms with Crippen LogP contribution in [0.2, 0.25) is 0 Å². The molecule has 0 N–H and O–H groups in total. The van der Waals surface area contributed by atoms with E-state index in [1.165, 1.54) is 25.3 Å². The smallest absolute Gasteiger partial charge is 0.219 e. The fraction of sp³-hybridized carbons (Fsp3) is 0.154. The summed E-state index contributed by atoms with van der Waals surface area (Å²) in [7, 11) is 1.41. The third-order valence-corrected chi connectivity index (χ3v) is 2.24. The fourth-order valence-electron chi connectivity index (χ4n) is 1.39. The second kappa shape index (κ2) is 4.82. The number of hydrogen-bond acceptors (Lipinski definition) is 3. The minimum atomic E-state index is -0.419. The van der Waals surface area contributed by atoms with Crippen molar-refractivity contribution in [2.24, 2.45) is 0 Å². The summed E-state index contributed by atoms with van der Waals surface area (Å²) in [6.45, 7) is 1.94. The lowest BCUT2D eigenvalue weighted by atomic mass is 10.3. The van der Waals surface area contributed by atoms with Crippen LogP contribution in [0.3, 0.4) is 0 Å². The molecule has 0 atom stereocenters. The van der Waals surface area contributed by atoms with E-state index in [0.717, 1.165) is 5.56 Å². The number of nitrogens with zero attached hydrogens (tertiary/aromatic N) is 1. The van der Waals surface area contributed by atoms with Gasteiger partial charge >= 0.3 is 0 Å². The maximum atomic E-state index is 13.2. The molecule has 1 aromatic carbocycles. The summed E-state index contributed by atoms with van der Waals surface area (Å²) in [5.41, 5.74) is 1.05. The maximum absolute atomic E-state index is 13.2. The van der Waals surface area contributed by atoms with Crippen molar-refractivity contribution in [3.05, 3.63) is 47.9 Å². The van der Waals surface area contributed by atoms with Crippen LogP contribution in [0.1, 0.15) is 5.56 Å². The molecule has 0 saturated heterocycles. The summed E-state index contributed by atoms with van der Waals surface area (Å²) in [6, 6.07) is 7.99. The molecule has 0 fully saturated rings. The predicted octanol–water partition coefficient (Wildman–Crippen LogP) is 3.33. The van der Waals surface area contributed by atoms with Crippen molar-refractivity contribution in [2.45, 2.75) is 6.92 Å². The lowest BCUT2D eigenvalue weighted by Gasteiger charge is -2.07. The third kappa shape index (κ3) is 2.72. The van der Waals surface area contributed by atoms with E-state index in [1.807, 2.05) is 13.0 Å². The fourth-order valence-corrected chi connectivity index (χ4v) is 1.39. The number of aromatic nitrogens is 1. The van der Waals surface area contributed by atoms with Crippen LogP contribution < -0.4 is 9.47 Å². The number of aryl methyl sites for hydroxylation is 1. The number of halogens is 1. The van der Waals surface area contributed by atoms with Gasteiger partial charge in [-0.1, -0.05) is 0 Å². The van der Waals surface area contributed by atoms with Gasteiger partial charge in [-0.25, -0.2) is 9.37 Å². The van der Waals surface area contributed by atoms with Crippen LogP contribution in [0.5, 0.6) is 17.4 Å². The molecule has 4 heteroatoms. The average Bonchev–Trinajstić information content (AvgIpc) is 2.32. The Morgan fingerprint density at radius 2 is 2.00 bits per heavy atom. The number of methoxy groups -OCH3 is 1.